The molecule has 0 saturated carbocycles. The second kappa shape index (κ2) is 6.92. The first-order valence-corrected chi connectivity index (χ1v) is 5.68. The van der Waals surface area contributed by atoms with E-state index >= 15 is 0 Å². The van der Waals surface area contributed by atoms with Crippen LogP contribution in [0.4, 0.5) is 5.69 Å². The fourth-order valence-corrected chi connectivity index (χ4v) is 1.66. The van der Waals surface area contributed by atoms with Gasteiger partial charge in [0.2, 0.25) is 0 Å². The van der Waals surface area contributed by atoms with E-state index in [4.69, 9.17) is 0 Å². The summed E-state index contributed by atoms with van der Waals surface area (Å²) in [6.45, 7) is 5.32. The maximum Gasteiger partial charge on any atom is 0.145 e. The maximum absolute atomic E-state index is 10.00. The van der Waals surface area contributed by atoms with Crippen molar-refractivity contribution in [2.24, 2.45) is 10.2 Å². The number of aromatic hydroxyl groups is 1. The van der Waals surface area contributed by atoms with Crippen LogP contribution in [-0.2, 0) is 17.1 Å². The minimum atomic E-state index is 0. The zero-order valence-corrected chi connectivity index (χ0v) is 11.8. The summed E-state index contributed by atoms with van der Waals surface area (Å²) in [5.41, 5.74) is 2.17. The number of benzene rings is 1. The minimum absolute atomic E-state index is 0. The van der Waals surface area contributed by atoms with E-state index in [-0.39, 0.29) is 22.8 Å². The molecule has 1 aromatic rings. The van der Waals surface area contributed by atoms with Crippen molar-refractivity contribution < 1.29 is 22.2 Å². The molecule has 1 radical (unpaired) electrons. The number of phenolic OH excluding ortho intramolecular Hbond substituents is 1. The van der Waals surface area contributed by atoms with Gasteiger partial charge in [-0.1, -0.05) is 30.4 Å². The average Bonchev–Trinajstić information content (AvgIpc) is 2.41. The fraction of sp³-hybridized carbons (Fsp3) is 0.143. The number of rotatable bonds is 3. The summed E-state index contributed by atoms with van der Waals surface area (Å²) in [5, 5.41) is 19.5. The van der Waals surface area contributed by atoms with Crippen LogP contribution in [-0.4, -0.2) is 17.5 Å². The van der Waals surface area contributed by atoms with Gasteiger partial charge in [0.15, 0.2) is 0 Å². The first-order chi connectivity index (χ1) is 8.72. The summed E-state index contributed by atoms with van der Waals surface area (Å²) in [5.74, 6) is 0.171. The maximum atomic E-state index is 10.00. The third-order valence-corrected chi connectivity index (χ3v) is 2.65. The molecule has 1 aromatic carbocycles. The zero-order chi connectivity index (χ0) is 13.0. The van der Waals surface area contributed by atoms with E-state index in [1.165, 1.54) is 5.12 Å². The molecule has 0 spiro atoms. The number of hydrogen-bond acceptors (Lipinski definition) is 4. The smallest absolute Gasteiger partial charge is 0.145 e. The van der Waals surface area contributed by atoms with E-state index in [0.29, 0.717) is 5.69 Å². The van der Waals surface area contributed by atoms with Crippen LogP contribution in [0.3, 0.4) is 0 Å². The Hall–Kier alpha value is -1.84. The zero-order valence-electron chi connectivity index (χ0n) is 10.6. The average molecular weight is 296 g/mol. The third-order valence-electron chi connectivity index (χ3n) is 2.65. The molecule has 0 aliphatic heterocycles. The van der Waals surface area contributed by atoms with Gasteiger partial charge in [-0.05, 0) is 24.6 Å². The number of phenols is 1. The fourth-order valence-electron chi connectivity index (χ4n) is 1.66. The number of allylic oxidation sites excluding steroid dienone is 4. The number of nitrogens with zero attached hydrogens (tertiary/aromatic N) is 3. The molecule has 0 aromatic heterocycles. The van der Waals surface area contributed by atoms with E-state index in [1.807, 2.05) is 43.4 Å². The van der Waals surface area contributed by atoms with Crippen LogP contribution in [0.1, 0.15) is 12.0 Å². The molecule has 0 amide bonds. The summed E-state index contributed by atoms with van der Waals surface area (Å²) in [6.07, 6.45) is 8.55. The van der Waals surface area contributed by atoms with Gasteiger partial charge in [-0.25, -0.2) is 0 Å². The molecular weight excluding hydrogens is 281 g/mol. The molecule has 0 fully saturated rings. The predicted octanol–water partition coefficient (Wildman–Crippen LogP) is 2.99. The van der Waals surface area contributed by atoms with E-state index in [1.54, 1.807) is 6.07 Å². The number of para-hydroxylation sites is 1. The van der Waals surface area contributed by atoms with Crippen LogP contribution in [0.5, 0.6) is 5.75 Å². The van der Waals surface area contributed by atoms with Crippen molar-refractivity contribution >= 4 is 18.1 Å². The normalized spacial score (nSPS) is 15.1. The quantitative estimate of drug-likeness (QED) is 0.529. The predicted molar refractivity (Wildman–Crippen MR) is 75.2 cm³/mol. The van der Waals surface area contributed by atoms with Gasteiger partial charge in [0.1, 0.15) is 11.4 Å². The molecular formula is C14H15MnN3O. The first-order valence-electron chi connectivity index (χ1n) is 5.68. The molecule has 0 atom stereocenters. The van der Waals surface area contributed by atoms with E-state index in [9.17, 15) is 5.11 Å². The van der Waals surface area contributed by atoms with Crippen LogP contribution in [0.25, 0.3) is 0 Å². The molecule has 2 rings (SSSR count). The van der Waals surface area contributed by atoms with Gasteiger partial charge in [0, 0.05) is 30.2 Å². The van der Waals surface area contributed by atoms with Crippen molar-refractivity contribution in [2.75, 3.05) is 5.12 Å². The molecule has 19 heavy (non-hydrogen) atoms. The number of aryl methyl sites for hydroxylation is 1. The van der Waals surface area contributed by atoms with Crippen molar-refractivity contribution in [2.45, 2.75) is 13.3 Å². The van der Waals surface area contributed by atoms with Gasteiger partial charge in [-0.15, -0.1) is 5.12 Å². The molecule has 99 valence electrons. The minimum Gasteiger partial charge on any atom is -0.505 e. The Morgan fingerprint density at radius 3 is 2.74 bits per heavy atom. The Balaban J connectivity index is 0.00000180. The van der Waals surface area contributed by atoms with Gasteiger partial charge < -0.3 is 5.11 Å². The van der Waals surface area contributed by atoms with Gasteiger partial charge >= 0.3 is 0 Å². The first kappa shape index (κ1) is 15.2. The van der Waals surface area contributed by atoms with Crippen molar-refractivity contribution in [3.8, 4) is 5.75 Å². The molecule has 4 nitrogen and oxygen atoms in total. The molecule has 0 heterocycles. The monoisotopic (exact) mass is 296 g/mol. The summed E-state index contributed by atoms with van der Waals surface area (Å²) in [7, 11) is 0. The number of anilines is 1. The van der Waals surface area contributed by atoms with Gasteiger partial charge in [0.25, 0.3) is 0 Å². The van der Waals surface area contributed by atoms with Crippen molar-refractivity contribution in [1.82, 2.24) is 0 Å². The van der Waals surface area contributed by atoms with Crippen LogP contribution in [0.15, 0.2) is 52.7 Å². The van der Waals surface area contributed by atoms with Crippen LogP contribution in [0, 0.1) is 6.92 Å². The van der Waals surface area contributed by atoms with Crippen molar-refractivity contribution in [1.29, 1.82) is 0 Å². The van der Waals surface area contributed by atoms with E-state index in [0.717, 1.165) is 17.7 Å². The van der Waals surface area contributed by atoms with Gasteiger partial charge in [-0.2, -0.15) is 10.2 Å². The second-order valence-electron chi connectivity index (χ2n) is 3.96. The molecule has 0 bridgehead atoms. The third kappa shape index (κ3) is 3.56. The Morgan fingerprint density at radius 2 is 2.11 bits per heavy atom. The molecule has 0 unspecified atom stereocenters. The molecule has 1 aliphatic carbocycles. The van der Waals surface area contributed by atoms with Crippen LogP contribution >= 0.6 is 0 Å². The summed E-state index contributed by atoms with van der Waals surface area (Å²) in [4.78, 5) is 0. The SMILES string of the molecule is C=NN(/N=C1/C=CC=CC1)c1cccc(C)c1O.[Mn]. The Labute approximate surface area is 123 Å². The van der Waals surface area contributed by atoms with Crippen LogP contribution in [0.2, 0.25) is 0 Å². The standard InChI is InChI=1S/C14H15N3O.Mn/c1-11-7-6-10-13(14(11)18)17(15-2)16-12-8-4-3-5-9-12;/h3-8,10,18H,2,9H2,1H3;/b16-12-;. The van der Waals surface area contributed by atoms with Crippen molar-refractivity contribution in [3.05, 3.63) is 48.1 Å². The molecule has 1 N–H and O–H groups in total. The molecule has 5 heteroatoms. The topological polar surface area (TPSA) is 48.2 Å². The largest absolute Gasteiger partial charge is 0.505 e. The second-order valence-corrected chi connectivity index (χ2v) is 3.96. The summed E-state index contributed by atoms with van der Waals surface area (Å²) < 4.78 is 0. The number of hydrazone groups is 2. The van der Waals surface area contributed by atoms with Gasteiger partial charge in [0.05, 0.1) is 5.71 Å². The Bertz CT molecular complexity index is 550. The summed E-state index contributed by atoms with van der Waals surface area (Å²) >= 11 is 0. The van der Waals surface area contributed by atoms with Crippen LogP contribution < -0.4 is 5.12 Å². The van der Waals surface area contributed by atoms with E-state index < -0.39 is 0 Å². The molecule has 1 aliphatic rings. The number of hydrogen-bond donors (Lipinski definition) is 1. The Kier molecular flexibility index (Phi) is 5.55. The molecule has 0 saturated heterocycles. The Morgan fingerprint density at radius 1 is 1.32 bits per heavy atom. The van der Waals surface area contributed by atoms with Gasteiger partial charge in [-0.3, -0.25) is 0 Å². The van der Waals surface area contributed by atoms with E-state index in [2.05, 4.69) is 16.9 Å². The summed E-state index contributed by atoms with van der Waals surface area (Å²) in [6, 6.07) is 5.43. The van der Waals surface area contributed by atoms with Crippen molar-refractivity contribution in [3.63, 3.8) is 0 Å².